The number of aromatic amines is 1. The van der Waals surface area contributed by atoms with Crippen LogP contribution in [0.2, 0.25) is 0 Å². The molecular weight excluding hydrogens is 389 g/mol. The highest BCUT2D eigenvalue weighted by Gasteiger charge is 2.28. The molecule has 1 N–H and O–H groups in total. The maximum Gasteiger partial charge on any atom is 0.258 e. The van der Waals surface area contributed by atoms with Crippen LogP contribution in [0.15, 0.2) is 42.5 Å². The minimum absolute atomic E-state index is 0.0282. The molecule has 1 aromatic heterocycles. The highest BCUT2D eigenvalue weighted by Crippen LogP contribution is 2.36. The molecule has 0 radical (unpaired) electrons. The third kappa shape index (κ3) is 1.96. The predicted octanol–water partition coefficient (Wildman–Crippen LogP) is 3.68. The lowest BCUT2D eigenvalue weighted by molar-refractivity contribution is -0.112. The van der Waals surface area contributed by atoms with E-state index in [9.17, 15) is 4.79 Å². The molecule has 0 saturated carbocycles. The highest BCUT2D eigenvalue weighted by atomic mass is 127. The first kappa shape index (κ1) is 13.5. The number of para-hydroxylation sites is 1. The number of aromatic nitrogens is 2. The SMILES string of the molecule is CN1C(=O)/C(=C/c2ccc3c(I)n[nH]c3c2)c2ccccc21. The normalized spacial score (nSPS) is 15.8. The number of carbonyl (C=O) groups is 1. The molecule has 1 amide bonds. The molecule has 22 heavy (non-hydrogen) atoms. The number of amides is 1. The monoisotopic (exact) mass is 401 g/mol. The first-order valence-corrected chi connectivity index (χ1v) is 7.96. The average molecular weight is 401 g/mol. The molecule has 0 saturated heterocycles. The van der Waals surface area contributed by atoms with Gasteiger partial charge in [-0.1, -0.05) is 24.3 Å². The number of H-pyrrole nitrogens is 1. The number of benzene rings is 2. The summed E-state index contributed by atoms with van der Waals surface area (Å²) >= 11 is 2.20. The Labute approximate surface area is 141 Å². The number of fused-ring (bicyclic) bond motifs is 2. The lowest BCUT2D eigenvalue weighted by Crippen LogP contribution is -2.20. The number of halogens is 1. The molecule has 0 aliphatic carbocycles. The molecule has 1 aliphatic heterocycles. The number of carbonyl (C=O) groups excluding carboxylic acids is 1. The summed E-state index contributed by atoms with van der Waals surface area (Å²) in [7, 11) is 1.81. The van der Waals surface area contributed by atoms with Crippen molar-refractivity contribution in [3.05, 3.63) is 57.3 Å². The van der Waals surface area contributed by atoms with Crippen LogP contribution in [-0.2, 0) is 4.79 Å². The van der Waals surface area contributed by atoms with Crippen LogP contribution < -0.4 is 4.90 Å². The van der Waals surface area contributed by atoms with E-state index in [1.54, 1.807) is 4.90 Å². The van der Waals surface area contributed by atoms with Gasteiger partial charge in [0, 0.05) is 23.6 Å². The lowest BCUT2D eigenvalue weighted by atomic mass is 10.0. The van der Waals surface area contributed by atoms with Gasteiger partial charge in [0.05, 0.1) is 11.2 Å². The fourth-order valence-electron chi connectivity index (χ4n) is 2.80. The Hall–Kier alpha value is -2.15. The van der Waals surface area contributed by atoms with E-state index in [2.05, 4.69) is 32.8 Å². The van der Waals surface area contributed by atoms with Crippen molar-refractivity contribution in [2.75, 3.05) is 11.9 Å². The van der Waals surface area contributed by atoms with Crippen LogP contribution in [0.5, 0.6) is 0 Å². The van der Waals surface area contributed by atoms with Gasteiger partial charge >= 0.3 is 0 Å². The van der Waals surface area contributed by atoms with E-state index in [-0.39, 0.29) is 5.91 Å². The van der Waals surface area contributed by atoms with Gasteiger partial charge in [0.25, 0.3) is 5.91 Å². The zero-order valence-electron chi connectivity index (χ0n) is 11.8. The molecule has 0 fully saturated rings. The molecule has 2 heterocycles. The molecule has 3 aromatic rings. The van der Waals surface area contributed by atoms with Crippen molar-refractivity contribution in [1.82, 2.24) is 10.2 Å². The second-order valence-electron chi connectivity index (χ2n) is 5.26. The van der Waals surface area contributed by atoms with Gasteiger partial charge in [0.15, 0.2) is 0 Å². The van der Waals surface area contributed by atoms with Crippen molar-refractivity contribution in [2.24, 2.45) is 0 Å². The van der Waals surface area contributed by atoms with Crippen molar-refractivity contribution in [1.29, 1.82) is 0 Å². The Morgan fingerprint density at radius 3 is 2.91 bits per heavy atom. The zero-order chi connectivity index (χ0) is 15.3. The second-order valence-corrected chi connectivity index (χ2v) is 6.28. The summed E-state index contributed by atoms with van der Waals surface area (Å²) in [5.41, 5.74) is 4.63. The molecule has 2 aromatic carbocycles. The highest BCUT2D eigenvalue weighted by molar-refractivity contribution is 14.1. The quantitative estimate of drug-likeness (QED) is 0.500. The van der Waals surface area contributed by atoms with Gasteiger partial charge in [-0.3, -0.25) is 9.89 Å². The van der Waals surface area contributed by atoms with E-state index in [0.29, 0.717) is 0 Å². The van der Waals surface area contributed by atoms with Crippen molar-refractivity contribution in [3.63, 3.8) is 0 Å². The van der Waals surface area contributed by atoms with Gasteiger partial charge in [-0.2, -0.15) is 5.10 Å². The summed E-state index contributed by atoms with van der Waals surface area (Å²) < 4.78 is 0.953. The van der Waals surface area contributed by atoms with Gasteiger partial charge in [-0.05, 0) is 52.4 Å². The first-order valence-electron chi connectivity index (χ1n) is 6.88. The molecule has 1 aliphatic rings. The number of hydrogen-bond donors (Lipinski definition) is 1. The molecular formula is C17H12IN3O. The standard InChI is InChI=1S/C17H12IN3O/c1-21-15-5-3-2-4-11(15)13(17(21)22)8-10-6-7-12-14(9-10)19-20-16(12)18/h2-9H,1H3,(H,19,20)/b13-8+. The van der Waals surface area contributed by atoms with E-state index in [0.717, 1.165) is 37.0 Å². The molecule has 0 bridgehead atoms. The van der Waals surface area contributed by atoms with Gasteiger partial charge in [0.2, 0.25) is 0 Å². The van der Waals surface area contributed by atoms with Crippen molar-refractivity contribution in [3.8, 4) is 0 Å². The summed E-state index contributed by atoms with van der Waals surface area (Å²) in [6, 6.07) is 13.9. The van der Waals surface area contributed by atoms with E-state index in [1.165, 1.54) is 0 Å². The average Bonchev–Trinajstić information content (AvgIpc) is 3.02. The van der Waals surface area contributed by atoms with Crippen LogP contribution in [0.25, 0.3) is 22.6 Å². The number of anilines is 1. The third-order valence-electron chi connectivity index (χ3n) is 3.94. The maximum atomic E-state index is 12.5. The molecule has 0 spiro atoms. The summed E-state index contributed by atoms with van der Waals surface area (Å²) in [5.74, 6) is 0.0282. The van der Waals surface area contributed by atoms with Crippen molar-refractivity contribution < 1.29 is 4.79 Å². The van der Waals surface area contributed by atoms with Gasteiger partial charge in [-0.25, -0.2) is 0 Å². The number of hydrogen-bond acceptors (Lipinski definition) is 2. The van der Waals surface area contributed by atoms with Gasteiger partial charge in [0.1, 0.15) is 3.70 Å². The topological polar surface area (TPSA) is 49.0 Å². The fourth-order valence-corrected chi connectivity index (χ4v) is 3.39. The smallest absolute Gasteiger partial charge is 0.258 e. The number of likely N-dealkylation sites (N-methyl/N-ethyl adjacent to an activating group) is 1. The van der Waals surface area contributed by atoms with Crippen LogP contribution in [0.1, 0.15) is 11.1 Å². The lowest BCUT2D eigenvalue weighted by Gasteiger charge is -2.07. The van der Waals surface area contributed by atoms with Crippen LogP contribution >= 0.6 is 22.6 Å². The van der Waals surface area contributed by atoms with Crippen LogP contribution in [0.3, 0.4) is 0 Å². The summed E-state index contributed by atoms with van der Waals surface area (Å²) in [6.45, 7) is 0. The number of nitrogens with zero attached hydrogens (tertiary/aromatic N) is 2. The summed E-state index contributed by atoms with van der Waals surface area (Å²) in [4.78, 5) is 14.2. The van der Waals surface area contributed by atoms with Crippen LogP contribution in [-0.4, -0.2) is 23.2 Å². The van der Waals surface area contributed by atoms with Crippen LogP contribution in [0.4, 0.5) is 5.69 Å². The molecule has 0 unspecified atom stereocenters. The molecule has 5 heteroatoms. The van der Waals surface area contributed by atoms with E-state index in [4.69, 9.17) is 0 Å². The minimum atomic E-state index is 0.0282. The molecule has 4 rings (SSSR count). The van der Waals surface area contributed by atoms with Crippen molar-refractivity contribution in [2.45, 2.75) is 0 Å². The Bertz CT molecular complexity index is 942. The molecule has 4 nitrogen and oxygen atoms in total. The Morgan fingerprint density at radius 2 is 2.05 bits per heavy atom. The zero-order valence-corrected chi connectivity index (χ0v) is 14.0. The number of nitrogens with one attached hydrogen (secondary N) is 1. The molecule has 108 valence electrons. The van der Waals surface area contributed by atoms with Crippen LogP contribution in [0, 0.1) is 3.70 Å². The Kier molecular flexibility index (Phi) is 3.04. The summed E-state index contributed by atoms with van der Waals surface area (Å²) in [6.07, 6.45) is 1.94. The summed E-state index contributed by atoms with van der Waals surface area (Å²) in [5, 5.41) is 8.30. The Morgan fingerprint density at radius 1 is 1.23 bits per heavy atom. The maximum absolute atomic E-state index is 12.5. The first-order chi connectivity index (χ1) is 10.6. The van der Waals surface area contributed by atoms with E-state index in [1.807, 2.05) is 55.6 Å². The predicted molar refractivity (Wildman–Crippen MR) is 96.5 cm³/mol. The van der Waals surface area contributed by atoms with Gasteiger partial charge in [-0.15, -0.1) is 0 Å². The minimum Gasteiger partial charge on any atom is -0.311 e. The van der Waals surface area contributed by atoms with E-state index >= 15 is 0 Å². The number of rotatable bonds is 1. The van der Waals surface area contributed by atoms with Gasteiger partial charge < -0.3 is 4.90 Å². The van der Waals surface area contributed by atoms with Crippen molar-refractivity contribution >= 4 is 56.7 Å². The molecule has 0 atom stereocenters. The fraction of sp³-hybridized carbons (Fsp3) is 0.0588. The third-order valence-corrected chi connectivity index (χ3v) is 4.76. The van der Waals surface area contributed by atoms with E-state index < -0.39 is 0 Å². The largest absolute Gasteiger partial charge is 0.311 e. The Balaban J connectivity index is 1.86. The second kappa shape index (κ2) is 4.95.